The van der Waals surface area contributed by atoms with Gasteiger partial charge in [0.25, 0.3) is 5.91 Å². The van der Waals surface area contributed by atoms with E-state index in [1.54, 1.807) is 17.4 Å². The highest BCUT2D eigenvalue weighted by atomic mass is 32.1. The molecule has 1 amide bonds. The zero-order valence-electron chi connectivity index (χ0n) is 15.9. The lowest BCUT2D eigenvalue weighted by Crippen LogP contribution is -2.18. The number of carbonyl (C=O) groups excluding carboxylic acids is 2. The summed E-state index contributed by atoms with van der Waals surface area (Å²) in [5, 5.41) is 4.75. The van der Waals surface area contributed by atoms with Gasteiger partial charge in [0.05, 0.1) is 38.1 Å². The van der Waals surface area contributed by atoms with Gasteiger partial charge in [-0.25, -0.2) is 4.79 Å². The number of nitrogens with one attached hydrogen (secondary N) is 1. The summed E-state index contributed by atoms with van der Waals surface area (Å²) in [5.74, 6) is 0.648. The van der Waals surface area contributed by atoms with Crippen molar-refractivity contribution in [3.05, 3.63) is 39.1 Å². The summed E-state index contributed by atoms with van der Waals surface area (Å²) < 4.78 is 15.4. The Morgan fingerprint density at radius 1 is 1.11 bits per heavy atom. The van der Waals surface area contributed by atoms with Crippen molar-refractivity contribution < 1.29 is 23.8 Å². The van der Waals surface area contributed by atoms with Crippen LogP contribution < -0.4 is 14.8 Å². The van der Waals surface area contributed by atoms with E-state index in [2.05, 4.69) is 12.2 Å². The molecule has 1 atom stereocenters. The third-order valence-corrected chi connectivity index (χ3v) is 5.87. The molecular weight excluding hydrogens is 366 g/mol. The molecular formula is C20H23NO5S. The summed E-state index contributed by atoms with van der Waals surface area (Å²) in [5.41, 5.74) is 2.33. The predicted octanol–water partition coefficient (Wildman–Crippen LogP) is 3.93. The van der Waals surface area contributed by atoms with E-state index in [4.69, 9.17) is 14.2 Å². The Balaban J connectivity index is 1.95. The van der Waals surface area contributed by atoms with Gasteiger partial charge in [-0.1, -0.05) is 6.92 Å². The van der Waals surface area contributed by atoms with Crippen LogP contribution in [0.3, 0.4) is 0 Å². The fraction of sp³-hybridized carbons (Fsp3) is 0.400. The summed E-state index contributed by atoms with van der Waals surface area (Å²) in [6, 6.07) is 3.08. The molecule has 0 spiro atoms. The van der Waals surface area contributed by atoms with Crippen LogP contribution in [0.5, 0.6) is 11.5 Å². The zero-order chi connectivity index (χ0) is 19.6. The lowest BCUT2D eigenvalue weighted by Gasteiger charge is -2.19. The summed E-state index contributed by atoms with van der Waals surface area (Å²) in [6.45, 7) is 2.23. The second kappa shape index (κ2) is 8.00. The van der Waals surface area contributed by atoms with E-state index < -0.39 is 5.97 Å². The fourth-order valence-corrected chi connectivity index (χ4v) is 4.56. The summed E-state index contributed by atoms with van der Waals surface area (Å²) in [6.07, 6.45) is 2.99. The highest BCUT2D eigenvalue weighted by Crippen LogP contribution is 2.36. The van der Waals surface area contributed by atoms with Gasteiger partial charge < -0.3 is 19.5 Å². The Hall–Kier alpha value is -2.54. The number of ether oxygens (including phenoxy) is 3. The Kier molecular flexibility index (Phi) is 5.70. The first-order valence-electron chi connectivity index (χ1n) is 8.73. The topological polar surface area (TPSA) is 73.9 Å². The highest BCUT2D eigenvalue weighted by Gasteiger charge is 2.25. The van der Waals surface area contributed by atoms with E-state index in [1.807, 2.05) is 5.38 Å². The highest BCUT2D eigenvalue weighted by molar-refractivity contribution is 7.10. The van der Waals surface area contributed by atoms with Gasteiger partial charge in [0, 0.05) is 22.4 Å². The molecule has 1 unspecified atom stereocenters. The maximum absolute atomic E-state index is 12.9. The predicted molar refractivity (Wildman–Crippen MR) is 104 cm³/mol. The number of hydrogen-bond donors (Lipinski definition) is 1. The van der Waals surface area contributed by atoms with Gasteiger partial charge in [0.15, 0.2) is 11.5 Å². The number of anilines is 1. The van der Waals surface area contributed by atoms with E-state index in [9.17, 15) is 9.59 Å². The van der Waals surface area contributed by atoms with Gasteiger partial charge in [0.2, 0.25) is 0 Å². The van der Waals surface area contributed by atoms with Crippen LogP contribution >= 0.6 is 11.3 Å². The van der Waals surface area contributed by atoms with Crippen molar-refractivity contribution in [1.29, 1.82) is 0 Å². The second-order valence-electron chi connectivity index (χ2n) is 6.60. The molecule has 0 aliphatic heterocycles. The van der Waals surface area contributed by atoms with Gasteiger partial charge >= 0.3 is 5.97 Å². The number of amides is 1. The maximum Gasteiger partial charge on any atom is 0.340 e. The molecule has 0 saturated carbocycles. The summed E-state index contributed by atoms with van der Waals surface area (Å²) in [7, 11) is 4.27. The minimum absolute atomic E-state index is 0.209. The van der Waals surface area contributed by atoms with Crippen LogP contribution in [0.4, 0.5) is 5.69 Å². The number of esters is 1. The molecule has 1 aliphatic carbocycles. The first-order chi connectivity index (χ1) is 13.0. The monoisotopic (exact) mass is 389 g/mol. The second-order valence-corrected chi connectivity index (χ2v) is 7.56. The van der Waals surface area contributed by atoms with Crippen molar-refractivity contribution in [1.82, 2.24) is 0 Å². The van der Waals surface area contributed by atoms with Gasteiger partial charge in [-0.15, -0.1) is 11.3 Å². The zero-order valence-corrected chi connectivity index (χ0v) is 16.7. The van der Waals surface area contributed by atoms with Crippen LogP contribution in [0.15, 0.2) is 17.5 Å². The van der Waals surface area contributed by atoms with Crippen molar-refractivity contribution in [3.8, 4) is 11.5 Å². The van der Waals surface area contributed by atoms with Crippen LogP contribution in [-0.2, 0) is 17.6 Å². The molecule has 0 fully saturated rings. The number of benzene rings is 1. The number of hydrogen-bond acceptors (Lipinski definition) is 6. The lowest BCUT2D eigenvalue weighted by molar-refractivity contribution is 0.0601. The van der Waals surface area contributed by atoms with E-state index in [0.717, 1.165) is 24.8 Å². The average molecular weight is 389 g/mol. The minimum atomic E-state index is -0.563. The smallest absolute Gasteiger partial charge is 0.340 e. The molecule has 1 heterocycles. The summed E-state index contributed by atoms with van der Waals surface area (Å²) in [4.78, 5) is 26.4. The SMILES string of the molecule is COC(=O)c1cc(OC)c(OC)cc1NC(=O)c1csc2c1CCC(C)C2. The van der Waals surface area contributed by atoms with Crippen LogP contribution in [0, 0.1) is 5.92 Å². The Bertz CT molecular complexity index is 873. The molecule has 144 valence electrons. The molecule has 1 aromatic heterocycles. The van der Waals surface area contributed by atoms with E-state index in [1.165, 1.54) is 32.3 Å². The third kappa shape index (κ3) is 3.78. The number of fused-ring (bicyclic) bond motifs is 1. The normalized spacial score (nSPS) is 15.6. The third-order valence-electron chi connectivity index (χ3n) is 4.82. The molecule has 0 saturated heterocycles. The summed E-state index contributed by atoms with van der Waals surface area (Å²) >= 11 is 1.63. The van der Waals surface area contributed by atoms with Gasteiger partial charge in [-0.3, -0.25) is 4.79 Å². The van der Waals surface area contributed by atoms with E-state index >= 15 is 0 Å². The Labute approximate surface area is 162 Å². The Morgan fingerprint density at radius 2 is 1.81 bits per heavy atom. The van der Waals surface area contributed by atoms with Crippen molar-refractivity contribution in [2.45, 2.75) is 26.2 Å². The average Bonchev–Trinajstić information content (AvgIpc) is 3.09. The Morgan fingerprint density at radius 3 is 2.48 bits per heavy atom. The standard InChI is InChI=1S/C20H23NO5S/c1-11-5-6-12-14(10-27-18(12)7-11)19(22)21-15-9-17(25-3)16(24-2)8-13(15)20(23)26-4/h8-11H,5-7H2,1-4H3,(H,21,22). The first-order valence-corrected chi connectivity index (χ1v) is 9.61. The molecule has 6 nitrogen and oxygen atoms in total. The fourth-order valence-electron chi connectivity index (χ4n) is 3.32. The van der Waals surface area contributed by atoms with E-state index in [-0.39, 0.29) is 11.5 Å². The van der Waals surface area contributed by atoms with Gasteiger partial charge in [-0.2, -0.15) is 0 Å². The number of thiophene rings is 1. The van der Waals surface area contributed by atoms with Crippen LogP contribution in [0.2, 0.25) is 0 Å². The maximum atomic E-state index is 12.9. The van der Waals surface area contributed by atoms with Crippen molar-refractivity contribution in [2.24, 2.45) is 5.92 Å². The molecule has 1 aromatic carbocycles. The largest absolute Gasteiger partial charge is 0.493 e. The van der Waals surface area contributed by atoms with Crippen LogP contribution in [0.25, 0.3) is 0 Å². The minimum Gasteiger partial charge on any atom is -0.493 e. The van der Waals surface area contributed by atoms with Crippen molar-refractivity contribution in [3.63, 3.8) is 0 Å². The van der Waals surface area contributed by atoms with Crippen LogP contribution in [-0.4, -0.2) is 33.2 Å². The van der Waals surface area contributed by atoms with Crippen molar-refractivity contribution in [2.75, 3.05) is 26.6 Å². The number of rotatable bonds is 5. The molecule has 0 radical (unpaired) electrons. The molecule has 1 N–H and O–H groups in total. The molecule has 0 bridgehead atoms. The van der Waals surface area contributed by atoms with Gasteiger partial charge in [-0.05, 0) is 30.7 Å². The van der Waals surface area contributed by atoms with Gasteiger partial charge in [0.1, 0.15) is 0 Å². The number of carbonyl (C=O) groups is 2. The van der Waals surface area contributed by atoms with Crippen molar-refractivity contribution >= 4 is 28.9 Å². The number of methoxy groups -OCH3 is 3. The molecule has 2 aromatic rings. The quantitative estimate of drug-likeness (QED) is 0.785. The molecule has 7 heteroatoms. The van der Waals surface area contributed by atoms with Crippen LogP contribution in [0.1, 0.15) is 44.5 Å². The molecule has 1 aliphatic rings. The molecule has 3 rings (SSSR count). The molecule has 27 heavy (non-hydrogen) atoms. The lowest BCUT2D eigenvalue weighted by atomic mass is 9.88. The first kappa shape index (κ1) is 19.2. The van der Waals surface area contributed by atoms with E-state index in [0.29, 0.717) is 28.7 Å².